The fraction of sp³-hybridized carbons (Fsp3) is 0. The molecule has 0 spiro atoms. The van der Waals surface area contributed by atoms with Gasteiger partial charge in [-0.25, -0.2) is 0 Å². The van der Waals surface area contributed by atoms with Crippen LogP contribution >= 0.6 is 15.9 Å². The second-order valence-electron chi connectivity index (χ2n) is 2.33. The lowest BCUT2D eigenvalue weighted by Gasteiger charge is -1.89. The first-order valence-corrected chi connectivity index (χ1v) is 3.99. The number of anilines is 1. The third kappa shape index (κ3) is 1.01. The normalized spacial score (nSPS) is 10.6. The van der Waals surface area contributed by atoms with Crippen LogP contribution in [0.5, 0.6) is 0 Å². The highest BCUT2D eigenvalue weighted by Crippen LogP contribution is 2.25. The van der Waals surface area contributed by atoms with Gasteiger partial charge in [-0.05, 0) is 18.2 Å². The number of furan rings is 1. The molecule has 0 radical (unpaired) electrons. The number of hydrogen-bond donors (Lipinski definition) is 1. The smallest absolute Gasteiger partial charge is 0.137 e. The van der Waals surface area contributed by atoms with Crippen LogP contribution in [0.25, 0.3) is 11.0 Å². The van der Waals surface area contributed by atoms with Gasteiger partial charge in [0.15, 0.2) is 0 Å². The third-order valence-corrected chi connectivity index (χ3v) is 2.06. The van der Waals surface area contributed by atoms with Gasteiger partial charge in [0.1, 0.15) is 11.8 Å². The van der Waals surface area contributed by atoms with Gasteiger partial charge in [-0.2, -0.15) is 0 Å². The average molecular weight is 212 g/mol. The van der Waals surface area contributed by atoms with E-state index in [2.05, 4.69) is 15.9 Å². The number of rotatable bonds is 0. The van der Waals surface area contributed by atoms with Crippen molar-refractivity contribution in [3.8, 4) is 0 Å². The van der Waals surface area contributed by atoms with E-state index in [1.54, 1.807) is 6.26 Å². The van der Waals surface area contributed by atoms with Gasteiger partial charge < -0.3 is 10.2 Å². The topological polar surface area (TPSA) is 39.2 Å². The maximum absolute atomic E-state index is 5.62. The number of nitrogens with two attached hydrogens (primary N) is 1. The Bertz CT molecular complexity index is 394. The van der Waals surface area contributed by atoms with Crippen molar-refractivity contribution in [2.75, 3.05) is 5.73 Å². The summed E-state index contributed by atoms with van der Waals surface area (Å²) in [6.45, 7) is 0. The molecule has 0 aliphatic carbocycles. The molecule has 0 saturated heterocycles. The van der Waals surface area contributed by atoms with E-state index in [1.807, 2.05) is 18.2 Å². The summed E-state index contributed by atoms with van der Waals surface area (Å²) >= 11 is 3.34. The van der Waals surface area contributed by atoms with Gasteiger partial charge in [-0.15, -0.1) is 0 Å². The summed E-state index contributed by atoms with van der Waals surface area (Å²) in [5.74, 6) is 0. The predicted octanol–water partition coefficient (Wildman–Crippen LogP) is 2.78. The summed E-state index contributed by atoms with van der Waals surface area (Å²) in [6, 6.07) is 5.76. The van der Waals surface area contributed by atoms with Crippen LogP contribution in [0.4, 0.5) is 5.69 Å². The number of nitrogen functional groups attached to an aromatic ring is 1. The maximum Gasteiger partial charge on any atom is 0.137 e. The Labute approximate surface area is 72.1 Å². The van der Waals surface area contributed by atoms with Gasteiger partial charge in [0.25, 0.3) is 0 Å². The average Bonchev–Trinajstić information content (AvgIpc) is 2.32. The first-order chi connectivity index (χ1) is 5.27. The lowest BCUT2D eigenvalue weighted by molar-refractivity contribution is 0.617. The fourth-order valence-electron chi connectivity index (χ4n) is 1.02. The van der Waals surface area contributed by atoms with Crippen molar-refractivity contribution in [3.63, 3.8) is 0 Å². The van der Waals surface area contributed by atoms with Gasteiger partial charge in [-0.3, -0.25) is 0 Å². The Morgan fingerprint density at radius 2 is 2.18 bits per heavy atom. The molecule has 1 aromatic carbocycles. The van der Waals surface area contributed by atoms with Crippen LogP contribution in [-0.2, 0) is 0 Å². The lowest BCUT2D eigenvalue weighted by atomic mass is 10.2. The molecule has 0 aliphatic rings. The summed E-state index contributed by atoms with van der Waals surface area (Å²) in [4.78, 5) is 0. The molecule has 0 unspecified atom stereocenters. The molecule has 0 amide bonds. The van der Waals surface area contributed by atoms with Crippen LogP contribution in [0.1, 0.15) is 0 Å². The molecular weight excluding hydrogens is 206 g/mol. The molecule has 2 nitrogen and oxygen atoms in total. The van der Waals surface area contributed by atoms with Crippen molar-refractivity contribution >= 4 is 32.6 Å². The van der Waals surface area contributed by atoms with Gasteiger partial charge in [0.2, 0.25) is 0 Å². The zero-order chi connectivity index (χ0) is 7.84. The molecule has 0 saturated carbocycles. The van der Waals surface area contributed by atoms with Crippen molar-refractivity contribution in [2.24, 2.45) is 0 Å². The molecule has 3 heteroatoms. The van der Waals surface area contributed by atoms with Crippen molar-refractivity contribution in [2.45, 2.75) is 0 Å². The van der Waals surface area contributed by atoms with Crippen LogP contribution in [0.2, 0.25) is 0 Å². The standard InChI is InChI=1S/C8H6BrNO/c9-5-1-2-6-7(10)4-11-8(6)3-5/h1-4H,10H2. The quantitative estimate of drug-likeness (QED) is 0.729. The van der Waals surface area contributed by atoms with Crippen LogP contribution in [-0.4, -0.2) is 0 Å². The predicted molar refractivity (Wildman–Crippen MR) is 48.3 cm³/mol. The first kappa shape index (κ1) is 6.73. The minimum Gasteiger partial charge on any atom is -0.462 e. The van der Waals surface area contributed by atoms with Crippen molar-refractivity contribution in [1.29, 1.82) is 0 Å². The lowest BCUT2D eigenvalue weighted by Crippen LogP contribution is -1.78. The van der Waals surface area contributed by atoms with Crippen molar-refractivity contribution < 1.29 is 4.42 Å². The molecular formula is C8H6BrNO. The highest BCUT2D eigenvalue weighted by Gasteiger charge is 2.01. The summed E-state index contributed by atoms with van der Waals surface area (Å²) < 4.78 is 6.17. The molecule has 0 atom stereocenters. The van der Waals surface area contributed by atoms with Gasteiger partial charge in [0.05, 0.1) is 5.69 Å². The number of hydrogen-bond acceptors (Lipinski definition) is 2. The number of benzene rings is 1. The van der Waals surface area contributed by atoms with E-state index in [0.717, 1.165) is 15.4 Å². The van der Waals surface area contributed by atoms with E-state index in [4.69, 9.17) is 10.2 Å². The second kappa shape index (κ2) is 2.27. The minimum absolute atomic E-state index is 0.688. The summed E-state index contributed by atoms with van der Waals surface area (Å²) in [5.41, 5.74) is 7.12. The Hall–Kier alpha value is -0.960. The van der Waals surface area contributed by atoms with Crippen molar-refractivity contribution in [3.05, 3.63) is 28.9 Å². The summed E-state index contributed by atoms with van der Waals surface area (Å²) in [7, 11) is 0. The summed E-state index contributed by atoms with van der Waals surface area (Å²) in [5, 5.41) is 0.966. The Kier molecular flexibility index (Phi) is 1.39. The second-order valence-corrected chi connectivity index (χ2v) is 3.25. The molecule has 1 aromatic heterocycles. The van der Waals surface area contributed by atoms with E-state index in [0.29, 0.717) is 5.69 Å². The van der Waals surface area contributed by atoms with Gasteiger partial charge in [0, 0.05) is 9.86 Å². The fourth-order valence-corrected chi connectivity index (χ4v) is 1.36. The first-order valence-electron chi connectivity index (χ1n) is 3.19. The van der Waals surface area contributed by atoms with E-state index in [1.165, 1.54) is 0 Å². The van der Waals surface area contributed by atoms with Crippen LogP contribution in [0.3, 0.4) is 0 Å². The largest absolute Gasteiger partial charge is 0.462 e. The molecule has 2 rings (SSSR count). The molecule has 2 aromatic rings. The Balaban J connectivity index is 2.86. The zero-order valence-corrected chi connectivity index (χ0v) is 7.26. The SMILES string of the molecule is Nc1coc2cc(Br)ccc12. The van der Waals surface area contributed by atoms with Crippen molar-refractivity contribution in [1.82, 2.24) is 0 Å². The molecule has 0 fully saturated rings. The monoisotopic (exact) mass is 211 g/mol. The number of fused-ring (bicyclic) bond motifs is 1. The molecule has 11 heavy (non-hydrogen) atoms. The number of halogens is 1. The highest BCUT2D eigenvalue weighted by molar-refractivity contribution is 9.10. The Morgan fingerprint density at radius 1 is 1.36 bits per heavy atom. The van der Waals surface area contributed by atoms with E-state index >= 15 is 0 Å². The minimum atomic E-state index is 0.688. The Morgan fingerprint density at radius 3 is 3.00 bits per heavy atom. The molecule has 0 aliphatic heterocycles. The highest BCUT2D eigenvalue weighted by atomic mass is 79.9. The molecule has 1 heterocycles. The summed E-state index contributed by atoms with van der Waals surface area (Å²) in [6.07, 6.45) is 1.55. The van der Waals surface area contributed by atoms with E-state index < -0.39 is 0 Å². The van der Waals surface area contributed by atoms with Crippen LogP contribution in [0, 0.1) is 0 Å². The van der Waals surface area contributed by atoms with Gasteiger partial charge in [-0.1, -0.05) is 15.9 Å². The van der Waals surface area contributed by atoms with E-state index in [9.17, 15) is 0 Å². The molecule has 56 valence electrons. The van der Waals surface area contributed by atoms with E-state index in [-0.39, 0.29) is 0 Å². The van der Waals surface area contributed by atoms with Crippen LogP contribution < -0.4 is 5.73 Å². The molecule has 2 N–H and O–H groups in total. The zero-order valence-electron chi connectivity index (χ0n) is 5.67. The molecule has 0 bridgehead atoms. The maximum atomic E-state index is 5.62. The third-order valence-electron chi connectivity index (χ3n) is 1.57. The van der Waals surface area contributed by atoms with Crippen LogP contribution in [0.15, 0.2) is 33.4 Å². The van der Waals surface area contributed by atoms with Gasteiger partial charge >= 0.3 is 0 Å².